The molecule has 0 radical (unpaired) electrons. The van der Waals surface area contributed by atoms with E-state index >= 15 is 0 Å². The van der Waals surface area contributed by atoms with E-state index in [0.717, 1.165) is 29.1 Å². The fraction of sp³-hybridized carbons (Fsp3) is 0.273. The van der Waals surface area contributed by atoms with E-state index in [1.54, 1.807) is 25.3 Å². The fourth-order valence-electron chi connectivity index (χ4n) is 3.13. The molecule has 7 heteroatoms. The van der Waals surface area contributed by atoms with E-state index in [9.17, 15) is 4.79 Å². The number of benzene rings is 2. The number of carbonyl (C=O) groups excluding carboxylic acids is 1. The third kappa shape index (κ3) is 4.51. The number of methoxy groups -OCH3 is 3. The molecule has 7 nitrogen and oxygen atoms in total. The minimum atomic E-state index is -0.311. The molecule has 0 atom stereocenters. The smallest absolute Gasteiger partial charge is 0.263 e. The summed E-state index contributed by atoms with van der Waals surface area (Å²) >= 11 is 0. The van der Waals surface area contributed by atoms with Crippen molar-refractivity contribution in [2.75, 3.05) is 26.6 Å². The van der Waals surface area contributed by atoms with Crippen molar-refractivity contribution in [3.8, 4) is 17.2 Å². The zero-order chi connectivity index (χ0) is 20.8. The van der Waals surface area contributed by atoms with Gasteiger partial charge in [0.25, 0.3) is 5.91 Å². The van der Waals surface area contributed by atoms with Crippen LogP contribution in [0.15, 0.2) is 42.5 Å². The van der Waals surface area contributed by atoms with E-state index in [2.05, 4.69) is 15.5 Å². The molecule has 1 heterocycles. The summed E-state index contributed by atoms with van der Waals surface area (Å²) in [7, 11) is 4.69. The molecule has 29 heavy (non-hydrogen) atoms. The van der Waals surface area contributed by atoms with Crippen LogP contribution in [0.5, 0.6) is 17.2 Å². The van der Waals surface area contributed by atoms with E-state index in [4.69, 9.17) is 14.2 Å². The number of carbonyl (C=O) groups is 1. The minimum Gasteiger partial charge on any atom is -0.497 e. The number of aryl methyl sites for hydroxylation is 3. The summed E-state index contributed by atoms with van der Waals surface area (Å²) < 4.78 is 15.9. The SMILES string of the molecule is COc1ccc(CCc2n[nH]c(C)c2NC(=O)c2c(OC)cccc2OC)cc1. The maximum absolute atomic E-state index is 13.0. The number of nitrogens with one attached hydrogen (secondary N) is 2. The Morgan fingerprint density at radius 2 is 1.62 bits per heavy atom. The molecular weight excluding hydrogens is 370 g/mol. The molecule has 3 rings (SSSR count). The molecular formula is C22H25N3O4. The topological polar surface area (TPSA) is 85.5 Å². The molecule has 2 aromatic carbocycles. The standard InChI is InChI=1S/C22H25N3O4/c1-14-21(23-22(26)20-18(28-3)6-5-7-19(20)29-4)17(25-24-14)13-10-15-8-11-16(27-2)12-9-15/h5-9,11-12H,10,13H2,1-4H3,(H,23,26)(H,24,25). The van der Waals surface area contributed by atoms with Gasteiger partial charge in [-0.25, -0.2) is 0 Å². The van der Waals surface area contributed by atoms with Gasteiger partial charge in [-0.3, -0.25) is 9.89 Å². The van der Waals surface area contributed by atoms with Crippen LogP contribution in [-0.4, -0.2) is 37.4 Å². The van der Waals surface area contributed by atoms with Crippen LogP contribution in [0.2, 0.25) is 0 Å². The molecule has 0 spiro atoms. The van der Waals surface area contributed by atoms with Gasteiger partial charge >= 0.3 is 0 Å². The first-order chi connectivity index (χ1) is 14.1. The molecule has 0 unspecified atom stereocenters. The highest BCUT2D eigenvalue weighted by atomic mass is 16.5. The van der Waals surface area contributed by atoms with Gasteiger partial charge in [-0.05, 0) is 49.6 Å². The lowest BCUT2D eigenvalue weighted by Gasteiger charge is -2.13. The molecule has 0 bridgehead atoms. The van der Waals surface area contributed by atoms with Crippen LogP contribution in [0, 0.1) is 6.92 Å². The number of aromatic nitrogens is 2. The minimum absolute atomic E-state index is 0.311. The molecule has 1 amide bonds. The van der Waals surface area contributed by atoms with E-state index < -0.39 is 0 Å². The first-order valence-corrected chi connectivity index (χ1v) is 9.26. The normalized spacial score (nSPS) is 10.5. The average molecular weight is 395 g/mol. The number of hydrogen-bond donors (Lipinski definition) is 2. The van der Waals surface area contributed by atoms with Crippen molar-refractivity contribution in [1.29, 1.82) is 0 Å². The molecule has 0 saturated carbocycles. The second-order valence-electron chi connectivity index (χ2n) is 6.51. The summed E-state index contributed by atoms with van der Waals surface area (Å²) in [5.74, 6) is 1.41. The Kier molecular flexibility index (Phi) is 6.39. The van der Waals surface area contributed by atoms with E-state index in [1.807, 2.05) is 31.2 Å². The summed E-state index contributed by atoms with van der Waals surface area (Å²) in [6.45, 7) is 1.87. The van der Waals surface area contributed by atoms with E-state index in [1.165, 1.54) is 14.2 Å². The predicted octanol–water partition coefficient (Wildman–Crippen LogP) is 3.78. The Bertz CT molecular complexity index is 958. The van der Waals surface area contributed by atoms with Crippen molar-refractivity contribution in [3.63, 3.8) is 0 Å². The number of hydrogen-bond acceptors (Lipinski definition) is 5. The third-order valence-corrected chi connectivity index (χ3v) is 4.73. The maximum atomic E-state index is 13.0. The maximum Gasteiger partial charge on any atom is 0.263 e. The number of amides is 1. The molecule has 0 aliphatic heterocycles. The summed E-state index contributed by atoms with van der Waals surface area (Å²) in [6, 6.07) is 13.1. The monoisotopic (exact) mass is 395 g/mol. The molecule has 0 saturated heterocycles. The summed E-state index contributed by atoms with van der Waals surface area (Å²) in [5.41, 5.74) is 3.77. The van der Waals surface area contributed by atoms with E-state index in [0.29, 0.717) is 29.2 Å². The van der Waals surface area contributed by atoms with Crippen LogP contribution >= 0.6 is 0 Å². The quantitative estimate of drug-likeness (QED) is 0.606. The Morgan fingerprint density at radius 3 is 2.21 bits per heavy atom. The fourth-order valence-corrected chi connectivity index (χ4v) is 3.13. The molecule has 152 valence electrons. The Balaban J connectivity index is 1.78. The highest BCUT2D eigenvalue weighted by molar-refractivity contribution is 6.08. The van der Waals surface area contributed by atoms with Crippen LogP contribution in [-0.2, 0) is 12.8 Å². The van der Waals surface area contributed by atoms with Gasteiger partial charge in [0.2, 0.25) is 0 Å². The average Bonchev–Trinajstić information content (AvgIpc) is 3.11. The molecule has 3 aromatic rings. The molecule has 0 aliphatic carbocycles. The van der Waals surface area contributed by atoms with Gasteiger partial charge in [0.15, 0.2) is 0 Å². The number of ether oxygens (including phenoxy) is 3. The van der Waals surface area contributed by atoms with Crippen molar-refractivity contribution in [2.24, 2.45) is 0 Å². The Labute approximate surface area is 170 Å². The van der Waals surface area contributed by atoms with Crippen molar-refractivity contribution in [1.82, 2.24) is 10.2 Å². The number of anilines is 1. The summed E-state index contributed by atoms with van der Waals surface area (Å²) in [6.07, 6.45) is 1.46. The number of aromatic amines is 1. The molecule has 0 aliphatic rings. The highest BCUT2D eigenvalue weighted by Gasteiger charge is 2.21. The highest BCUT2D eigenvalue weighted by Crippen LogP contribution is 2.30. The molecule has 0 fully saturated rings. The van der Waals surface area contributed by atoms with Gasteiger partial charge in [0, 0.05) is 0 Å². The van der Waals surface area contributed by atoms with Crippen molar-refractivity contribution in [3.05, 3.63) is 65.0 Å². The second kappa shape index (κ2) is 9.14. The summed E-state index contributed by atoms with van der Waals surface area (Å²) in [4.78, 5) is 13.0. The van der Waals surface area contributed by atoms with Gasteiger partial charge in [-0.2, -0.15) is 5.10 Å². The van der Waals surface area contributed by atoms with Gasteiger partial charge in [-0.15, -0.1) is 0 Å². The van der Waals surface area contributed by atoms with Crippen molar-refractivity contribution < 1.29 is 19.0 Å². The van der Waals surface area contributed by atoms with Crippen LogP contribution in [0.25, 0.3) is 0 Å². The van der Waals surface area contributed by atoms with Gasteiger partial charge in [0.1, 0.15) is 22.8 Å². The van der Waals surface area contributed by atoms with Crippen LogP contribution in [0.1, 0.15) is 27.3 Å². The van der Waals surface area contributed by atoms with Gasteiger partial charge < -0.3 is 19.5 Å². The van der Waals surface area contributed by atoms with E-state index in [-0.39, 0.29) is 5.91 Å². The Hall–Kier alpha value is -3.48. The van der Waals surface area contributed by atoms with Crippen LogP contribution < -0.4 is 19.5 Å². The Morgan fingerprint density at radius 1 is 0.966 bits per heavy atom. The number of nitrogens with zero attached hydrogens (tertiary/aromatic N) is 1. The molecule has 2 N–H and O–H groups in total. The lowest BCUT2D eigenvalue weighted by atomic mass is 10.1. The van der Waals surface area contributed by atoms with Crippen molar-refractivity contribution >= 4 is 11.6 Å². The first kappa shape index (κ1) is 20.3. The van der Waals surface area contributed by atoms with Gasteiger partial charge in [-0.1, -0.05) is 18.2 Å². The summed E-state index contributed by atoms with van der Waals surface area (Å²) in [5, 5.41) is 10.3. The largest absolute Gasteiger partial charge is 0.497 e. The third-order valence-electron chi connectivity index (χ3n) is 4.73. The number of H-pyrrole nitrogens is 1. The lowest BCUT2D eigenvalue weighted by molar-refractivity contribution is 0.102. The number of rotatable bonds is 8. The predicted molar refractivity (Wildman–Crippen MR) is 111 cm³/mol. The zero-order valence-corrected chi connectivity index (χ0v) is 17.0. The van der Waals surface area contributed by atoms with Crippen molar-refractivity contribution in [2.45, 2.75) is 19.8 Å². The van der Waals surface area contributed by atoms with Gasteiger partial charge in [0.05, 0.1) is 38.4 Å². The second-order valence-corrected chi connectivity index (χ2v) is 6.51. The van der Waals surface area contributed by atoms with Crippen LogP contribution in [0.3, 0.4) is 0 Å². The zero-order valence-electron chi connectivity index (χ0n) is 17.0. The van der Waals surface area contributed by atoms with Crippen LogP contribution in [0.4, 0.5) is 5.69 Å². The molecule has 1 aromatic heterocycles. The first-order valence-electron chi connectivity index (χ1n) is 9.26. The lowest BCUT2D eigenvalue weighted by Crippen LogP contribution is -2.16.